The van der Waals surface area contributed by atoms with Gasteiger partial charge in [-0.15, -0.1) is 10.2 Å². The van der Waals surface area contributed by atoms with Crippen LogP contribution in [0.25, 0.3) is 11.6 Å². The van der Waals surface area contributed by atoms with Crippen molar-refractivity contribution in [2.45, 2.75) is 17.3 Å². The van der Waals surface area contributed by atoms with Gasteiger partial charge in [-0.2, -0.15) is 0 Å². The smallest absolute Gasteiger partial charge is 0.237 e. The Labute approximate surface area is 146 Å². The van der Waals surface area contributed by atoms with Crippen LogP contribution in [0.15, 0.2) is 46.2 Å². The summed E-state index contributed by atoms with van der Waals surface area (Å²) in [5.74, 6) is -0.728. The van der Waals surface area contributed by atoms with Gasteiger partial charge in [-0.25, -0.2) is 8.78 Å². The number of nitrogens with zero attached hydrogens (tertiary/aromatic N) is 3. The Morgan fingerprint density at radius 1 is 1.32 bits per heavy atom. The first kappa shape index (κ1) is 17.2. The maximum atomic E-state index is 13.6. The Balaban J connectivity index is 1.71. The molecule has 0 unspecified atom stereocenters. The van der Waals surface area contributed by atoms with Crippen molar-refractivity contribution in [3.63, 3.8) is 0 Å². The van der Waals surface area contributed by atoms with Gasteiger partial charge in [-0.1, -0.05) is 11.8 Å². The second-order valence-corrected chi connectivity index (χ2v) is 6.52. The van der Waals surface area contributed by atoms with E-state index in [4.69, 9.17) is 4.42 Å². The van der Waals surface area contributed by atoms with Crippen LogP contribution in [0.1, 0.15) is 6.92 Å². The molecular weight excluding hydrogens is 350 g/mol. The standard InChI is InChI=1S/C16H14F2N4O2S/c1-9(15(23)19-12-8-10(17)5-6-11(12)18)25-16-21-20-14(22(16)2)13-4-3-7-24-13/h3-9H,1-2H3,(H,19,23)/t9-/m0/s1. The van der Waals surface area contributed by atoms with Crippen molar-refractivity contribution in [1.29, 1.82) is 0 Å². The minimum absolute atomic E-state index is 0.202. The van der Waals surface area contributed by atoms with Crippen LogP contribution < -0.4 is 5.32 Å². The van der Waals surface area contributed by atoms with Gasteiger partial charge in [0, 0.05) is 13.1 Å². The van der Waals surface area contributed by atoms with E-state index < -0.39 is 22.8 Å². The van der Waals surface area contributed by atoms with Crippen LogP contribution >= 0.6 is 11.8 Å². The van der Waals surface area contributed by atoms with E-state index in [1.165, 1.54) is 6.26 Å². The number of carbonyl (C=O) groups is 1. The van der Waals surface area contributed by atoms with Gasteiger partial charge in [-0.3, -0.25) is 4.79 Å². The Morgan fingerprint density at radius 2 is 2.12 bits per heavy atom. The zero-order valence-corrected chi connectivity index (χ0v) is 14.2. The third-order valence-electron chi connectivity index (χ3n) is 3.41. The molecule has 1 aromatic carbocycles. The summed E-state index contributed by atoms with van der Waals surface area (Å²) in [4.78, 5) is 12.2. The van der Waals surface area contributed by atoms with Gasteiger partial charge in [0.1, 0.15) is 11.6 Å². The molecule has 0 radical (unpaired) electrons. The van der Waals surface area contributed by atoms with Crippen molar-refractivity contribution >= 4 is 23.4 Å². The normalized spacial score (nSPS) is 12.2. The van der Waals surface area contributed by atoms with E-state index in [1.807, 2.05) is 0 Å². The molecule has 0 bridgehead atoms. The highest BCUT2D eigenvalue weighted by Gasteiger charge is 2.21. The molecule has 0 fully saturated rings. The second-order valence-electron chi connectivity index (χ2n) is 5.22. The lowest BCUT2D eigenvalue weighted by molar-refractivity contribution is -0.115. The molecule has 0 aliphatic rings. The average Bonchev–Trinajstić information content (AvgIpc) is 3.21. The van der Waals surface area contributed by atoms with Gasteiger partial charge in [0.05, 0.1) is 17.2 Å². The summed E-state index contributed by atoms with van der Waals surface area (Å²) in [6.45, 7) is 1.64. The average molecular weight is 364 g/mol. The largest absolute Gasteiger partial charge is 0.461 e. The zero-order valence-electron chi connectivity index (χ0n) is 13.4. The van der Waals surface area contributed by atoms with E-state index in [9.17, 15) is 13.6 Å². The number of hydrogen-bond donors (Lipinski definition) is 1. The van der Waals surface area contributed by atoms with Crippen LogP contribution in [0.5, 0.6) is 0 Å². The van der Waals surface area contributed by atoms with Gasteiger partial charge in [-0.05, 0) is 31.2 Å². The molecule has 3 aromatic rings. The van der Waals surface area contributed by atoms with E-state index in [1.54, 1.807) is 30.7 Å². The molecule has 130 valence electrons. The summed E-state index contributed by atoms with van der Waals surface area (Å²) in [5, 5.41) is 10.3. The lowest BCUT2D eigenvalue weighted by atomic mass is 10.3. The Morgan fingerprint density at radius 3 is 2.84 bits per heavy atom. The van der Waals surface area contributed by atoms with Gasteiger partial charge in [0.25, 0.3) is 0 Å². The van der Waals surface area contributed by atoms with E-state index in [0.717, 1.165) is 30.0 Å². The highest BCUT2D eigenvalue weighted by Crippen LogP contribution is 2.26. The quantitative estimate of drug-likeness (QED) is 0.702. The fourth-order valence-electron chi connectivity index (χ4n) is 2.08. The van der Waals surface area contributed by atoms with E-state index in [2.05, 4.69) is 15.5 Å². The van der Waals surface area contributed by atoms with Gasteiger partial charge < -0.3 is 14.3 Å². The highest BCUT2D eigenvalue weighted by atomic mass is 32.2. The van der Waals surface area contributed by atoms with Crippen LogP contribution in [0.4, 0.5) is 14.5 Å². The predicted molar refractivity (Wildman–Crippen MR) is 89.0 cm³/mol. The van der Waals surface area contributed by atoms with Gasteiger partial charge in [0.15, 0.2) is 16.7 Å². The molecule has 3 rings (SSSR count). The van der Waals surface area contributed by atoms with Crippen LogP contribution in [0.2, 0.25) is 0 Å². The summed E-state index contributed by atoms with van der Waals surface area (Å²) in [7, 11) is 1.75. The molecule has 25 heavy (non-hydrogen) atoms. The first-order chi connectivity index (χ1) is 12.0. The van der Waals surface area contributed by atoms with Crippen molar-refractivity contribution in [2.24, 2.45) is 7.05 Å². The zero-order chi connectivity index (χ0) is 18.0. The highest BCUT2D eigenvalue weighted by molar-refractivity contribution is 8.00. The predicted octanol–water partition coefficient (Wildman–Crippen LogP) is 3.47. The number of nitrogens with one attached hydrogen (secondary N) is 1. The van der Waals surface area contributed by atoms with E-state index >= 15 is 0 Å². The van der Waals surface area contributed by atoms with Crippen molar-refractivity contribution in [3.05, 3.63) is 48.2 Å². The van der Waals surface area contributed by atoms with E-state index in [-0.39, 0.29) is 5.69 Å². The molecular formula is C16H14F2N4O2S. The summed E-state index contributed by atoms with van der Waals surface area (Å²) in [6.07, 6.45) is 1.53. The Kier molecular flexibility index (Phi) is 4.84. The Hall–Kier alpha value is -2.68. The van der Waals surface area contributed by atoms with Crippen molar-refractivity contribution < 1.29 is 18.0 Å². The number of furan rings is 1. The number of anilines is 1. The van der Waals surface area contributed by atoms with Crippen LogP contribution in [0.3, 0.4) is 0 Å². The summed E-state index contributed by atoms with van der Waals surface area (Å²) in [6, 6.07) is 6.36. The lowest BCUT2D eigenvalue weighted by Crippen LogP contribution is -2.23. The Bertz CT molecular complexity index is 896. The minimum atomic E-state index is -0.703. The summed E-state index contributed by atoms with van der Waals surface area (Å²) >= 11 is 1.15. The van der Waals surface area contributed by atoms with Gasteiger partial charge in [0.2, 0.25) is 5.91 Å². The molecule has 1 N–H and O–H groups in total. The first-order valence-electron chi connectivity index (χ1n) is 7.31. The number of thioether (sulfide) groups is 1. The van der Waals surface area contributed by atoms with Crippen LogP contribution in [-0.2, 0) is 11.8 Å². The maximum Gasteiger partial charge on any atom is 0.237 e. The molecule has 0 aliphatic heterocycles. The maximum absolute atomic E-state index is 13.6. The number of carbonyl (C=O) groups excluding carboxylic acids is 1. The second kappa shape index (κ2) is 7.06. The molecule has 9 heteroatoms. The molecule has 1 amide bonds. The molecule has 2 heterocycles. The molecule has 0 saturated heterocycles. The number of hydrogen-bond acceptors (Lipinski definition) is 5. The fraction of sp³-hybridized carbons (Fsp3) is 0.188. The summed E-state index contributed by atoms with van der Waals surface area (Å²) in [5.41, 5.74) is -0.202. The van der Waals surface area contributed by atoms with Gasteiger partial charge >= 0.3 is 0 Å². The SMILES string of the molecule is C[C@H](Sc1nnc(-c2ccco2)n1C)C(=O)Nc1cc(F)ccc1F. The topological polar surface area (TPSA) is 73.0 Å². The molecule has 6 nitrogen and oxygen atoms in total. The van der Waals surface area contributed by atoms with Crippen molar-refractivity contribution in [3.8, 4) is 11.6 Å². The third-order valence-corrected chi connectivity index (χ3v) is 4.55. The minimum Gasteiger partial charge on any atom is -0.461 e. The number of benzene rings is 1. The third kappa shape index (κ3) is 3.71. The number of halogens is 2. The number of rotatable bonds is 5. The van der Waals surface area contributed by atoms with Crippen molar-refractivity contribution in [2.75, 3.05) is 5.32 Å². The molecule has 0 spiro atoms. The first-order valence-corrected chi connectivity index (χ1v) is 8.19. The number of amides is 1. The fourth-order valence-corrected chi connectivity index (χ4v) is 2.89. The molecule has 0 aliphatic carbocycles. The molecule has 2 aromatic heterocycles. The number of aromatic nitrogens is 3. The molecule has 0 saturated carbocycles. The molecule has 1 atom stereocenters. The van der Waals surface area contributed by atoms with Crippen molar-refractivity contribution in [1.82, 2.24) is 14.8 Å². The van der Waals surface area contributed by atoms with Crippen LogP contribution in [-0.4, -0.2) is 25.9 Å². The monoisotopic (exact) mass is 364 g/mol. The van der Waals surface area contributed by atoms with Crippen LogP contribution in [0, 0.1) is 11.6 Å². The lowest BCUT2D eigenvalue weighted by Gasteiger charge is -2.12. The summed E-state index contributed by atoms with van der Waals surface area (Å²) < 4.78 is 33.8. The van der Waals surface area contributed by atoms with E-state index in [0.29, 0.717) is 16.7 Å².